The van der Waals surface area contributed by atoms with E-state index in [9.17, 15) is 5.11 Å². The number of halogens is 2. The standard InChI is InChI=1S/C13H14Cl2N2O/c14-10-4-12-13(5-11(10)15)17(7-16-12)9-2-1-8(3-9)6-18/h4-5,7-9,18H,1-3,6H2/t8-,9+/m0/s1. The minimum atomic E-state index is 0.274. The van der Waals surface area contributed by atoms with Crippen molar-refractivity contribution in [2.75, 3.05) is 6.61 Å². The van der Waals surface area contributed by atoms with Crippen LogP contribution in [0.4, 0.5) is 0 Å². The summed E-state index contributed by atoms with van der Waals surface area (Å²) in [6.07, 6.45) is 5.00. The Balaban J connectivity index is 2.00. The first kappa shape index (κ1) is 12.3. The minimum Gasteiger partial charge on any atom is -0.396 e. The van der Waals surface area contributed by atoms with E-state index in [1.807, 2.05) is 12.4 Å². The Morgan fingerprint density at radius 3 is 2.78 bits per heavy atom. The highest BCUT2D eigenvalue weighted by Crippen LogP contribution is 2.37. The summed E-state index contributed by atoms with van der Waals surface area (Å²) < 4.78 is 2.16. The molecular weight excluding hydrogens is 271 g/mol. The zero-order valence-corrected chi connectivity index (χ0v) is 11.3. The largest absolute Gasteiger partial charge is 0.396 e. The van der Waals surface area contributed by atoms with Gasteiger partial charge in [0.05, 0.1) is 27.4 Å². The highest BCUT2D eigenvalue weighted by atomic mass is 35.5. The van der Waals surface area contributed by atoms with Crippen molar-refractivity contribution in [1.82, 2.24) is 9.55 Å². The van der Waals surface area contributed by atoms with E-state index < -0.39 is 0 Å². The summed E-state index contributed by atoms with van der Waals surface area (Å²) in [6, 6.07) is 4.08. The van der Waals surface area contributed by atoms with Crippen molar-refractivity contribution in [1.29, 1.82) is 0 Å². The molecule has 0 bridgehead atoms. The Morgan fingerprint density at radius 2 is 2.06 bits per heavy atom. The Hall–Kier alpha value is -0.770. The molecule has 1 heterocycles. The van der Waals surface area contributed by atoms with Crippen molar-refractivity contribution in [2.24, 2.45) is 5.92 Å². The van der Waals surface area contributed by atoms with Crippen LogP contribution in [0.25, 0.3) is 11.0 Å². The van der Waals surface area contributed by atoms with Crippen LogP contribution >= 0.6 is 23.2 Å². The maximum atomic E-state index is 9.21. The predicted octanol–water partition coefficient (Wildman–Crippen LogP) is 3.68. The van der Waals surface area contributed by atoms with E-state index in [-0.39, 0.29) is 6.61 Å². The summed E-state index contributed by atoms with van der Waals surface area (Å²) in [5, 5.41) is 10.3. The van der Waals surface area contributed by atoms with Crippen LogP contribution in [0.2, 0.25) is 10.0 Å². The molecule has 0 aliphatic heterocycles. The predicted molar refractivity (Wildman–Crippen MR) is 73.2 cm³/mol. The number of benzene rings is 1. The van der Waals surface area contributed by atoms with Crippen molar-refractivity contribution < 1.29 is 5.11 Å². The maximum Gasteiger partial charge on any atom is 0.0960 e. The van der Waals surface area contributed by atoms with E-state index in [1.54, 1.807) is 6.07 Å². The first-order chi connectivity index (χ1) is 8.69. The van der Waals surface area contributed by atoms with Gasteiger partial charge in [0.1, 0.15) is 0 Å². The third-order valence-electron chi connectivity index (χ3n) is 3.78. The lowest BCUT2D eigenvalue weighted by atomic mass is 10.1. The molecule has 0 radical (unpaired) electrons. The Labute approximate surface area is 115 Å². The minimum absolute atomic E-state index is 0.274. The van der Waals surface area contributed by atoms with E-state index in [4.69, 9.17) is 23.2 Å². The van der Waals surface area contributed by atoms with Gasteiger partial charge in [0, 0.05) is 12.6 Å². The second-order valence-corrected chi connectivity index (χ2v) is 5.74. The van der Waals surface area contributed by atoms with Gasteiger partial charge in [-0.3, -0.25) is 0 Å². The monoisotopic (exact) mass is 284 g/mol. The first-order valence-corrected chi connectivity index (χ1v) is 6.87. The van der Waals surface area contributed by atoms with Crippen LogP contribution in [-0.4, -0.2) is 21.3 Å². The van der Waals surface area contributed by atoms with Crippen LogP contribution < -0.4 is 0 Å². The van der Waals surface area contributed by atoms with Gasteiger partial charge in [0.15, 0.2) is 0 Å². The molecule has 1 N–H and O–H groups in total. The molecule has 96 valence electrons. The van der Waals surface area contributed by atoms with Crippen molar-refractivity contribution >= 4 is 34.2 Å². The molecule has 0 amide bonds. The first-order valence-electron chi connectivity index (χ1n) is 6.11. The number of fused-ring (bicyclic) bond motifs is 1. The van der Waals surface area contributed by atoms with Gasteiger partial charge < -0.3 is 9.67 Å². The number of nitrogens with zero attached hydrogens (tertiary/aromatic N) is 2. The fourth-order valence-corrected chi connectivity index (χ4v) is 3.10. The fraction of sp³-hybridized carbons (Fsp3) is 0.462. The fourth-order valence-electron chi connectivity index (χ4n) is 2.78. The van der Waals surface area contributed by atoms with Crippen LogP contribution in [0.15, 0.2) is 18.5 Å². The van der Waals surface area contributed by atoms with Crippen LogP contribution in [0, 0.1) is 5.92 Å². The third kappa shape index (κ3) is 2.00. The summed E-state index contributed by atoms with van der Waals surface area (Å²) >= 11 is 12.1. The van der Waals surface area contributed by atoms with E-state index in [2.05, 4.69) is 9.55 Å². The normalized spacial score (nSPS) is 23.9. The summed E-state index contributed by atoms with van der Waals surface area (Å²) in [5.74, 6) is 0.412. The number of rotatable bonds is 2. The second kappa shape index (κ2) is 4.72. The average molecular weight is 285 g/mol. The van der Waals surface area contributed by atoms with Gasteiger partial charge in [-0.25, -0.2) is 4.98 Å². The average Bonchev–Trinajstić information content (AvgIpc) is 2.96. The topological polar surface area (TPSA) is 38.0 Å². The van der Waals surface area contributed by atoms with Gasteiger partial charge in [-0.1, -0.05) is 23.2 Å². The molecule has 0 saturated heterocycles. The number of imidazole rings is 1. The molecule has 2 aromatic rings. The molecule has 5 heteroatoms. The van der Waals surface area contributed by atoms with Gasteiger partial charge in [-0.05, 0) is 37.3 Å². The Morgan fingerprint density at radius 1 is 1.28 bits per heavy atom. The van der Waals surface area contributed by atoms with Crippen LogP contribution in [0.3, 0.4) is 0 Å². The quantitative estimate of drug-likeness (QED) is 0.914. The van der Waals surface area contributed by atoms with Crippen LogP contribution in [0.5, 0.6) is 0 Å². The maximum absolute atomic E-state index is 9.21. The van der Waals surface area contributed by atoms with E-state index >= 15 is 0 Å². The Kier molecular flexibility index (Phi) is 3.22. The third-order valence-corrected chi connectivity index (χ3v) is 4.50. The molecule has 1 aromatic heterocycles. The molecule has 3 nitrogen and oxygen atoms in total. The smallest absolute Gasteiger partial charge is 0.0960 e. The molecule has 1 aromatic carbocycles. The SMILES string of the molecule is OC[C@H]1CC[C@@H](n2cnc3cc(Cl)c(Cl)cc32)C1. The summed E-state index contributed by atoms with van der Waals surface area (Å²) in [7, 11) is 0. The van der Waals surface area contributed by atoms with Crippen LogP contribution in [0.1, 0.15) is 25.3 Å². The molecule has 1 saturated carbocycles. The summed E-state index contributed by atoms with van der Waals surface area (Å²) in [4.78, 5) is 4.37. The van der Waals surface area contributed by atoms with Crippen molar-refractivity contribution in [2.45, 2.75) is 25.3 Å². The van der Waals surface area contributed by atoms with Crippen molar-refractivity contribution in [3.05, 3.63) is 28.5 Å². The Bertz CT molecular complexity index is 582. The molecule has 3 rings (SSSR count). The number of aliphatic hydroxyl groups excluding tert-OH is 1. The molecule has 0 spiro atoms. The number of aliphatic hydroxyl groups is 1. The molecule has 1 aliphatic carbocycles. The van der Waals surface area contributed by atoms with Crippen molar-refractivity contribution in [3.8, 4) is 0 Å². The van der Waals surface area contributed by atoms with Gasteiger partial charge >= 0.3 is 0 Å². The van der Waals surface area contributed by atoms with Gasteiger partial charge in [0.25, 0.3) is 0 Å². The zero-order chi connectivity index (χ0) is 12.7. The van der Waals surface area contributed by atoms with Crippen molar-refractivity contribution in [3.63, 3.8) is 0 Å². The number of hydrogen-bond acceptors (Lipinski definition) is 2. The number of aromatic nitrogens is 2. The summed E-state index contributed by atoms with van der Waals surface area (Å²) in [5.41, 5.74) is 1.89. The van der Waals surface area contributed by atoms with E-state index in [0.29, 0.717) is 22.0 Å². The molecule has 18 heavy (non-hydrogen) atoms. The zero-order valence-electron chi connectivity index (χ0n) is 9.81. The highest BCUT2D eigenvalue weighted by molar-refractivity contribution is 6.42. The molecular formula is C13H14Cl2N2O. The summed E-state index contributed by atoms with van der Waals surface area (Å²) in [6.45, 7) is 0.274. The molecule has 1 fully saturated rings. The lowest BCUT2D eigenvalue weighted by molar-refractivity contribution is 0.226. The second-order valence-electron chi connectivity index (χ2n) is 4.92. The van der Waals surface area contributed by atoms with E-state index in [0.717, 1.165) is 30.3 Å². The number of hydrogen-bond donors (Lipinski definition) is 1. The van der Waals surface area contributed by atoms with Gasteiger partial charge in [0.2, 0.25) is 0 Å². The highest BCUT2D eigenvalue weighted by Gasteiger charge is 2.26. The molecule has 1 aliphatic rings. The molecule has 0 unspecified atom stereocenters. The van der Waals surface area contributed by atoms with Gasteiger partial charge in [-0.2, -0.15) is 0 Å². The van der Waals surface area contributed by atoms with E-state index in [1.165, 1.54) is 0 Å². The lowest BCUT2D eigenvalue weighted by Gasteiger charge is -2.13. The van der Waals surface area contributed by atoms with Gasteiger partial charge in [-0.15, -0.1) is 0 Å². The van der Waals surface area contributed by atoms with Crippen LogP contribution in [-0.2, 0) is 0 Å². The lowest BCUT2D eigenvalue weighted by Crippen LogP contribution is -2.05. The molecule has 2 atom stereocenters.